The highest BCUT2D eigenvalue weighted by Gasteiger charge is 2.28. The molecule has 7 heteroatoms. The van der Waals surface area contributed by atoms with Crippen LogP contribution in [0.3, 0.4) is 0 Å². The quantitative estimate of drug-likeness (QED) is 0.845. The predicted octanol–water partition coefficient (Wildman–Crippen LogP) is 2.67. The summed E-state index contributed by atoms with van der Waals surface area (Å²) in [6, 6.07) is 7.95. The summed E-state index contributed by atoms with van der Waals surface area (Å²) in [4.78, 5) is 23.4. The smallest absolute Gasteiger partial charge is 0.255 e. The third-order valence-corrected chi connectivity index (χ3v) is 6.10. The molecule has 3 aliphatic heterocycles. The molecule has 1 N–H and O–H groups in total. The van der Waals surface area contributed by atoms with Crippen molar-refractivity contribution in [1.29, 1.82) is 0 Å². The number of benzene rings is 1. The SMILES string of the molecule is CN1Cc2cc(N3CCOc4cc(C(=O)N5CCCCC5)cnc43)ccc2C1O. The highest BCUT2D eigenvalue weighted by atomic mass is 16.5. The van der Waals surface area contributed by atoms with Crippen molar-refractivity contribution in [2.75, 3.05) is 38.2 Å². The zero-order valence-electron chi connectivity index (χ0n) is 16.7. The van der Waals surface area contributed by atoms with E-state index in [1.165, 1.54) is 6.42 Å². The number of nitrogens with zero attached hydrogens (tertiary/aromatic N) is 4. The first-order chi connectivity index (χ1) is 14.1. The lowest BCUT2D eigenvalue weighted by atomic mass is 10.1. The minimum atomic E-state index is -0.544. The third-order valence-electron chi connectivity index (χ3n) is 6.10. The highest BCUT2D eigenvalue weighted by molar-refractivity contribution is 5.95. The molecule has 5 rings (SSSR count). The number of anilines is 2. The average molecular weight is 394 g/mol. The fraction of sp³-hybridized carbons (Fsp3) is 0.455. The Morgan fingerprint density at radius 1 is 1.17 bits per heavy atom. The van der Waals surface area contributed by atoms with Crippen LogP contribution >= 0.6 is 0 Å². The predicted molar refractivity (Wildman–Crippen MR) is 109 cm³/mol. The van der Waals surface area contributed by atoms with Crippen LogP contribution in [0.5, 0.6) is 5.75 Å². The number of aliphatic hydroxyl groups is 1. The van der Waals surface area contributed by atoms with Gasteiger partial charge in [0.15, 0.2) is 11.6 Å². The van der Waals surface area contributed by atoms with Gasteiger partial charge in [0.2, 0.25) is 0 Å². The van der Waals surface area contributed by atoms with Crippen LogP contribution in [0.4, 0.5) is 11.5 Å². The Labute approximate surface area is 170 Å². The van der Waals surface area contributed by atoms with Crippen molar-refractivity contribution in [2.24, 2.45) is 0 Å². The number of carbonyl (C=O) groups is 1. The van der Waals surface area contributed by atoms with Gasteiger partial charge in [-0.15, -0.1) is 0 Å². The van der Waals surface area contributed by atoms with Gasteiger partial charge in [-0.2, -0.15) is 0 Å². The molecule has 7 nitrogen and oxygen atoms in total. The molecule has 1 fully saturated rings. The van der Waals surface area contributed by atoms with Gasteiger partial charge in [-0.1, -0.05) is 6.07 Å². The summed E-state index contributed by atoms with van der Waals surface area (Å²) in [5.74, 6) is 1.42. The first-order valence-electron chi connectivity index (χ1n) is 10.3. The van der Waals surface area contributed by atoms with Crippen LogP contribution in [-0.4, -0.2) is 59.1 Å². The molecule has 0 aliphatic carbocycles. The van der Waals surface area contributed by atoms with Crippen molar-refractivity contribution in [1.82, 2.24) is 14.8 Å². The van der Waals surface area contributed by atoms with Crippen LogP contribution < -0.4 is 9.64 Å². The van der Waals surface area contributed by atoms with Gasteiger partial charge in [-0.05, 0) is 55.6 Å². The summed E-state index contributed by atoms with van der Waals surface area (Å²) in [6.07, 6.45) is 4.45. The molecule has 0 saturated carbocycles. The van der Waals surface area contributed by atoms with Crippen molar-refractivity contribution in [2.45, 2.75) is 32.0 Å². The van der Waals surface area contributed by atoms with Crippen LogP contribution in [-0.2, 0) is 6.54 Å². The van der Waals surface area contributed by atoms with Crippen molar-refractivity contribution < 1.29 is 14.6 Å². The second kappa shape index (κ2) is 7.31. The molecular weight excluding hydrogens is 368 g/mol. The Balaban J connectivity index is 1.43. The first kappa shape index (κ1) is 18.4. The lowest BCUT2D eigenvalue weighted by Gasteiger charge is -2.31. The monoisotopic (exact) mass is 394 g/mol. The second-order valence-corrected chi connectivity index (χ2v) is 8.07. The summed E-state index contributed by atoms with van der Waals surface area (Å²) in [7, 11) is 1.91. The molecule has 3 aliphatic rings. The summed E-state index contributed by atoms with van der Waals surface area (Å²) in [5.41, 5.74) is 3.70. The largest absolute Gasteiger partial charge is 0.488 e. The zero-order valence-corrected chi connectivity index (χ0v) is 16.7. The zero-order chi connectivity index (χ0) is 20.0. The van der Waals surface area contributed by atoms with Gasteiger partial charge in [0.25, 0.3) is 5.91 Å². The van der Waals surface area contributed by atoms with E-state index in [-0.39, 0.29) is 5.91 Å². The Morgan fingerprint density at radius 3 is 2.83 bits per heavy atom. The van der Waals surface area contributed by atoms with E-state index in [1.54, 1.807) is 6.20 Å². The lowest BCUT2D eigenvalue weighted by Crippen LogP contribution is -2.36. The highest BCUT2D eigenvalue weighted by Crippen LogP contribution is 2.38. The number of hydrogen-bond acceptors (Lipinski definition) is 6. The summed E-state index contributed by atoms with van der Waals surface area (Å²) < 4.78 is 5.86. The third kappa shape index (κ3) is 3.24. The Morgan fingerprint density at radius 2 is 2.00 bits per heavy atom. The Bertz CT molecular complexity index is 942. The van der Waals surface area contributed by atoms with Crippen LogP contribution in [0, 0.1) is 0 Å². The lowest BCUT2D eigenvalue weighted by molar-refractivity contribution is 0.0337. The molecule has 0 bridgehead atoms. The van der Waals surface area contributed by atoms with Crippen LogP contribution in [0.25, 0.3) is 0 Å². The fourth-order valence-corrected chi connectivity index (χ4v) is 4.49. The van der Waals surface area contributed by atoms with Crippen molar-refractivity contribution >= 4 is 17.4 Å². The molecule has 1 amide bonds. The van der Waals surface area contributed by atoms with E-state index < -0.39 is 6.23 Å². The maximum Gasteiger partial charge on any atom is 0.255 e. The van der Waals surface area contributed by atoms with Crippen molar-refractivity contribution in [3.8, 4) is 5.75 Å². The van der Waals surface area contributed by atoms with Crippen LogP contribution in [0.2, 0.25) is 0 Å². The minimum absolute atomic E-state index is 0.0373. The number of fused-ring (bicyclic) bond motifs is 2. The molecule has 1 unspecified atom stereocenters. The van der Waals surface area contributed by atoms with Crippen molar-refractivity contribution in [3.63, 3.8) is 0 Å². The van der Waals surface area contributed by atoms with E-state index in [1.807, 2.05) is 35.0 Å². The molecule has 0 radical (unpaired) electrons. The molecule has 152 valence electrons. The standard InChI is InChI=1S/C22H26N4O3/c1-24-14-16-11-17(5-6-18(16)22(24)28)26-9-10-29-19-12-15(13-23-20(19)26)21(27)25-7-3-2-4-8-25/h5-6,11-13,22,28H,2-4,7-10,14H2,1H3. The number of aliphatic hydroxyl groups excluding tert-OH is 1. The number of pyridine rings is 1. The molecule has 1 saturated heterocycles. The average Bonchev–Trinajstić information content (AvgIpc) is 3.06. The minimum Gasteiger partial charge on any atom is -0.488 e. The van der Waals surface area contributed by atoms with Gasteiger partial charge in [-0.3, -0.25) is 9.69 Å². The molecule has 1 aromatic heterocycles. The van der Waals surface area contributed by atoms with E-state index in [9.17, 15) is 9.90 Å². The van der Waals surface area contributed by atoms with E-state index in [4.69, 9.17) is 4.74 Å². The molecule has 0 spiro atoms. The Hall–Kier alpha value is -2.64. The maximum atomic E-state index is 12.8. The summed E-state index contributed by atoms with van der Waals surface area (Å²) in [6.45, 7) is 3.58. The van der Waals surface area contributed by atoms with Gasteiger partial charge >= 0.3 is 0 Å². The number of aromatic nitrogens is 1. The fourth-order valence-electron chi connectivity index (χ4n) is 4.49. The second-order valence-electron chi connectivity index (χ2n) is 8.07. The Kier molecular flexibility index (Phi) is 4.64. The number of hydrogen-bond donors (Lipinski definition) is 1. The van der Waals surface area contributed by atoms with E-state index in [0.29, 0.717) is 24.5 Å². The van der Waals surface area contributed by atoms with Gasteiger partial charge in [-0.25, -0.2) is 4.98 Å². The number of ether oxygens (including phenoxy) is 1. The molecular formula is C22H26N4O3. The number of rotatable bonds is 2. The molecule has 1 aromatic carbocycles. The van der Waals surface area contributed by atoms with Gasteiger partial charge in [0.05, 0.1) is 12.1 Å². The van der Waals surface area contributed by atoms with Gasteiger partial charge < -0.3 is 19.6 Å². The van der Waals surface area contributed by atoms with Crippen LogP contribution in [0.1, 0.15) is 47.0 Å². The van der Waals surface area contributed by atoms with Crippen molar-refractivity contribution in [3.05, 3.63) is 47.2 Å². The van der Waals surface area contributed by atoms with E-state index in [0.717, 1.165) is 55.1 Å². The normalized spacial score (nSPS) is 21.5. The van der Waals surface area contributed by atoms with E-state index in [2.05, 4.69) is 16.0 Å². The number of piperidine rings is 1. The number of amides is 1. The topological polar surface area (TPSA) is 69.1 Å². The number of carbonyl (C=O) groups excluding carboxylic acids is 1. The van der Waals surface area contributed by atoms with Gasteiger partial charge in [0, 0.05) is 31.5 Å². The summed E-state index contributed by atoms with van der Waals surface area (Å²) in [5, 5.41) is 10.2. The molecule has 1 atom stereocenters. The number of likely N-dealkylation sites (tertiary alicyclic amines) is 1. The molecule has 2 aromatic rings. The van der Waals surface area contributed by atoms with Crippen LogP contribution in [0.15, 0.2) is 30.5 Å². The summed E-state index contributed by atoms with van der Waals surface area (Å²) >= 11 is 0. The van der Waals surface area contributed by atoms with Gasteiger partial charge in [0.1, 0.15) is 12.8 Å². The first-order valence-corrected chi connectivity index (χ1v) is 10.3. The van der Waals surface area contributed by atoms with E-state index >= 15 is 0 Å². The maximum absolute atomic E-state index is 12.8. The molecule has 4 heterocycles. The molecule has 29 heavy (non-hydrogen) atoms.